The molecule has 0 saturated carbocycles. The minimum atomic E-state index is -1.53. The van der Waals surface area contributed by atoms with Crippen molar-refractivity contribution in [2.24, 2.45) is 0 Å². The van der Waals surface area contributed by atoms with Crippen LogP contribution in [0.15, 0.2) is 0 Å². The van der Waals surface area contributed by atoms with Crippen molar-refractivity contribution >= 4 is 5.97 Å². The molecule has 1 heterocycles. The van der Waals surface area contributed by atoms with Gasteiger partial charge in [0.1, 0.15) is 24.4 Å². The summed E-state index contributed by atoms with van der Waals surface area (Å²) in [6.45, 7) is 0. The third-order valence-electron chi connectivity index (χ3n) is 2.28. The molecule has 0 aliphatic carbocycles. The summed E-state index contributed by atoms with van der Waals surface area (Å²) in [6, 6.07) is 0. The van der Waals surface area contributed by atoms with Gasteiger partial charge < -0.3 is 34.3 Å². The van der Waals surface area contributed by atoms with Crippen molar-refractivity contribution in [2.75, 3.05) is 14.2 Å². The van der Waals surface area contributed by atoms with Crippen LogP contribution in [0.25, 0.3) is 0 Å². The van der Waals surface area contributed by atoms with Crippen LogP contribution in [0.5, 0.6) is 0 Å². The number of aliphatic hydroxyl groups is 2. The van der Waals surface area contributed by atoms with Gasteiger partial charge in [0.25, 0.3) is 0 Å². The number of methoxy groups -OCH3 is 2. The van der Waals surface area contributed by atoms with Gasteiger partial charge in [-0.1, -0.05) is 0 Å². The van der Waals surface area contributed by atoms with Gasteiger partial charge in [0.2, 0.25) is 0 Å². The van der Waals surface area contributed by atoms with Gasteiger partial charge in [-0.3, -0.25) is 0 Å². The normalized spacial score (nSPS) is 38.9. The molecule has 7 nitrogen and oxygen atoms in total. The Kier molecular flexibility index (Phi) is 6.99. The van der Waals surface area contributed by atoms with E-state index in [1.165, 1.54) is 14.2 Å². The molecule has 0 aromatic carbocycles. The summed E-state index contributed by atoms with van der Waals surface area (Å²) in [4.78, 5) is 10.7. The number of aliphatic carboxylic acids is 1. The van der Waals surface area contributed by atoms with Gasteiger partial charge in [0.15, 0.2) is 6.29 Å². The number of carbonyl (C=O) groups excluding carboxylic acids is 1. The monoisotopic (exact) mass is 244 g/mol. The van der Waals surface area contributed by atoms with Crippen LogP contribution in [0, 0.1) is 0 Å². The zero-order valence-corrected chi connectivity index (χ0v) is 11.3. The molecule has 1 aliphatic rings. The Balaban J connectivity index is 0.00000225. The number of aliphatic hydroxyl groups excluding tert-OH is 2. The molecule has 88 valence electrons. The minimum absolute atomic E-state index is 0. The topological polar surface area (TPSA) is 108 Å². The van der Waals surface area contributed by atoms with Gasteiger partial charge in [-0.25, -0.2) is 0 Å². The largest absolute Gasteiger partial charge is 1.00 e. The van der Waals surface area contributed by atoms with Crippen LogP contribution in [0.4, 0.5) is 0 Å². The predicted octanol–water partition coefficient (Wildman–Crippen LogP) is -6.15. The van der Waals surface area contributed by atoms with Gasteiger partial charge in [0, 0.05) is 14.2 Å². The third kappa shape index (κ3) is 3.14. The summed E-state index contributed by atoms with van der Waals surface area (Å²) in [5.74, 6) is -1.53. The van der Waals surface area contributed by atoms with Gasteiger partial charge in [-0.2, -0.15) is 0 Å². The van der Waals surface area contributed by atoms with Crippen LogP contribution in [-0.4, -0.2) is 61.1 Å². The summed E-state index contributed by atoms with van der Waals surface area (Å²) < 4.78 is 14.3. The van der Waals surface area contributed by atoms with E-state index in [2.05, 4.69) is 4.74 Å². The van der Waals surface area contributed by atoms with Gasteiger partial charge >= 0.3 is 29.6 Å². The maximum Gasteiger partial charge on any atom is 1.00 e. The fraction of sp³-hybridized carbons (Fsp3) is 0.875. The molecular formula is C8H13NaO7. The Morgan fingerprint density at radius 3 is 2.19 bits per heavy atom. The molecular weight excluding hydrogens is 231 g/mol. The van der Waals surface area contributed by atoms with Gasteiger partial charge in [0.05, 0.1) is 5.97 Å². The Morgan fingerprint density at radius 2 is 1.81 bits per heavy atom. The van der Waals surface area contributed by atoms with E-state index in [9.17, 15) is 20.1 Å². The number of ether oxygens (including phenoxy) is 3. The van der Waals surface area contributed by atoms with Crippen molar-refractivity contribution in [2.45, 2.75) is 30.7 Å². The van der Waals surface area contributed by atoms with Crippen molar-refractivity contribution in [3.63, 3.8) is 0 Å². The summed E-state index contributed by atoms with van der Waals surface area (Å²) in [7, 11) is 2.42. The zero-order valence-electron chi connectivity index (χ0n) is 9.32. The van der Waals surface area contributed by atoms with Crippen LogP contribution >= 0.6 is 0 Å². The van der Waals surface area contributed by atoms with E-state index >= 15 is 0 Å². The first kappa shape index (κ1) is 16.3. The molecule has 0 radical (unpaired) electrons. The second-order valence-corrected chi connectivity index (χ2v) is 3.16. The van der Waals surface area contributed by atoms with E-state index < -0.39 is 36.7 Å². The average Bonchev–Trinajstić information content (AvgIpc) is 2.21. The second-order valence-electron chi connectivity index (χ2n) is 3.16. The first-order valence-electron chi connectivity index (χ1n) is 4.31. The molecule has 2 N–H and O–H groups in total. The molecule has 0 amide bonds. The number of carboxylic acid groups (broad SMARTS) is 1. The number of hydrogen-bond donors (Lipinski definition) is 2. The number of carbonyl (C=O) groups is 1. The average molecular weight is 244 g/mol. The van der Waals surface area contributed by atoms with Crippen molar-refractivity contribution < 1.29 is 63.9 Å². The Bertz CT molecular complexity index is 236. The van der Waals surface area contributed by atoms with Crippen LogP contribution in [0.1, 0.15) is 0 Å². The SMILES string of the molecule is COC1OC(C(=O)[O-])C(OC)C(O)C1O.[Na+]. The van der Waals surface area contributed by atoms with Crippen LogP contribution in [0.2, 0.25) is 0 Å². The third-order valence-corrected chi connectivity index (χ3v) is 2.28. The molecule has 0 bridgehead atoms. The van der Waals surface area contributed by atoms with E-state index in [-0.39, 0.29) is 29.6 Å². The van der Waals surface area contributed by atoms with E-state index in [0.29, 0.717) is 0 Å². The van der Waals surface area contributed by atoms with E-state index in [1.54, 1.807) is 0 Å². The van der Waals surface area contributed by atoms with E-state index in [0.717, 1.165) is 0 Å². The molecule has 0 aromatic rings. The van der Waals surface area contributed by atoms with E-state index in [1.807, 2.05) is 0 Å². The van der Waals surface area contributed by atoms with Crippen molar-refractivity contribution in [1.82, 2.24) is 0 Å². The van der Waals surface area contributed by atoms with Crippen LogP contribution < -0.4 is 34.7 Å². The first-order chi connectivity index (χ1) is 7.02. The molecule has 16 heavy (non-hydrogen) atoms. The second kappa shape index (κ2) is 6.87. The standard InChI is InChI=1S/C8H14O7.Na/c1-13-5-3(9)4(10)8(14-2)15-6(5)7(11)12;/h3-6,8-10H,1-2H3,(H,11,12);/q;+1/p-1. The van der Waals surface area contributed by atoms with Crippen LogP contribution in [0.3, 0.4) is 0 Å². The molecule has 1 fully saturated rings. The van der Waals surface area contributed by atoms with Crippen molar-refractivity contribution in [1.29, 1.82) is 0 Å². The van der Waals surface area contributed by atoms with Crippen molar-refractivity contribution in [3.05, 3.63) is 0 Å². The Hall–Kier alpha value is 0.270. The molecule has 5 atom stereocenters. The van der Waals surface area contributed by atoms with Gasteiger partial charge in [-0.05, 0) is 0 Å². The number of carboxylic acids is 1. The maximum atomic E-state index is 10.7. The smallest absolute Gasteiger partial charge is 0.547 e. The van der Waals surface area contributed by atoms with E-state index in [4.69, 9.17) is 9.47 Å². The molecule has 0 aromatic heterocycles. The Morgan fingerprint density at radius 1 is 1.25 bits per heavy atom. The first-order valence-corrected chi connectivity index (χ1v) is 4.31. The summed E-state index contributed by atoms with van der Waals surface area (Å²) in [5.41, 5.74) is 0. The summed E-state index contributed by atoms with van der Waals surface area (Å²) in [6.07, 6.45) is -6.64. The minimum Gasteiger partial charge on any atom is -0.547 e. The predicted molar refractivity (Wildman–Crippen MR) is 43.5 cm³/mol. The molecule has 8 heteroatoms. The summed E-state index contributed by atoms with van der Waals surface area (Å²) >= 11 is 0. The van der Waals surface area contributed by atoms with Gasteiger partial charge in [-0.15, -0.1) is 0 Å². The van der Waals surface area contributed by atoms with Crippen LogP contribution in [-0.2, 0) is 19.0 Å². The summed E-state index contributed by atoms with van der Waals surface area (Å²) in [5, 5.41) is 29.7. The molecule has 5 unspecified atom stereocenters. The van der Waals surface area contributed by atoms with Crippen molar-refractivity contribution in [3.8, 4) is 0 Å². The zero-order chi connectivity index (χ0) is 11.6. The molecule has 1 aliphatic heterocycles. The fourth-order valence-corrected chi connectivity index (χ4v) is 1.48. The fourth-order valence-electron chi connectivity index (χ4n) is 1.48. The molecule has 1 saturated heterocycles. The molecule has 0 spiro atoms. The Labute approximate surface area is 115 Å². The quantitative estimate of drug-likeness (QED) is 0.475. The number of hydrogen-bond acceptors (Lipinski definition) is 7. The molecule has 1 rings (SSSR count). The number of rotatable bonds is 3. The maximum absolute atomic E-state index is 10.7.